The van der Waals surface area contributed by atoms with Gasteiger partial charge in [-0.2, -0.15) is 0 Å². The van der Waals surface area contributed by atoms with Crippen LogP contribution >= 0.6 is 7.82 Å². The van der Waals surface area contributed by atoms with Crippen molar-refractivity contribution in [2.24, 2.45) is 5.73 Å². The van der Waals surface area contributed by atoms with Gasteiger partial charge >= 0.3 is 7.82 Å². The highest BCUT2D eigenvalue weighted by molar-refractivity contribution is 7.47. The maximum atomic E-state index is 12.9. The molecule has 0 aliphatic rings. The second-order valence-electron chi connectivity index (χ2n) is 19.9. The molecule has 5 N–H and O–H groups in total. The summed E-state index contributed by atoms with van der Waals surface area (Å²) in [4.78, 5) is 22.9. The highest BCUT2D eigenvalue weighted by atomic mass is 31.2. The first kappa shape index (κ1) is 64.2. The molecule has 8 nitrogen and oxygen atoms in total. The van der Waals surface area contributed by atoms with Crippen molar-refractivity contribution < 1.29 is 28.4 Å². The van der Waals surface area contributed by atoms with E-state index >= 15 is 0 Å². The van der Waals surface area contributed by atoms with Crippen LogP contribution in [0.2, 0.25) is 0 Å². The normalized spacial score (nSPS) is 13.7. The van der Waals surface area contributed by atoms with E-state index in [0.29, 0.717) is 6.42 Å². The molecule has 0 aromatic rings. The van der Waals surface area contributed by atoms with Gasteiger partial charge in [-0.05, 0) is 19.3 Å². The van der Waals surface area contributed by atoms with Gasteiger partial charge in [0.05, 0.1) is 25.4 Å². The number of aliphatic hydroxyl groups is 1. The lowest BCUT2D eigenvalue weighted by Gasteiger charge is -2.23. The molecule has 0 saturated carbocycles. The maximum absolute atomic E-state index is 12.9. The molecule has 0 radical (unpaired) electrons. The minimum absolute atomic E-state index is 0.0818. The number of carbonyl (C=O) groups excluding carboxylic acids is 1. The molecule has 0 aliphatic heterocycles. The van der Waals surface area contributed by atoms with Crippen molar-refractivity contribution in [1.82, 2.24) is 5.32 Å². The molecule has 0 saturated heterocycles. The predicted octanol–water partition coefficient (Wildman–Crippen LogP) is 17.5. The predicted molar refractivity (Wildman–Crippen MR) is 282 cm³/mol. The summed E-state index contributed by atoms with van der Waals surface area (Å²) in [5.41, 5.74) is 5.40. The molecular formula is C56H113N2O6P. The highest BCUT2D eigenvalue weighted by Crippen LogP contribution is 2.43. The molecule has 1 amide bonds. The molecule has 0 aromatic carbocycles. The van der Waals surface area contributed by atoms with E-state index in [1.165, 1.54) is 250 Å². The van der Waals surface area contributed by atoms with Crippen LogP contribution in [0.4, 0.5) is 0 Å². The van der Waals surface area contributed by atoms with Gasteiger partial charge in [0, 0.05) is 13.0 Å². The first-order valence-electron chi connectivity index (χ1n) is 28.8. The van der Waals surface area contributed by atoms with E-state index in [9.17, 15) is 19.4 Å². The van der Waals surface area contributed by atoms with E-state index in [4.69, 9.17) is 14.8 Å². The van der Waals surface area contributed by atoms with Crippen molar-refractivity contribution in [3.8, 4) is 0 Å². The number of allylic oxidation sites excluding steroid dienone is 1. The number of phosphoric ester groups is 1. The second kappa shape index (κ2) is 52.6. The van der Waals surface area contributed by atoms with Crippen LogP contribution in [-0.2, 0) is 18.4 Å². The second-order valence-corrected chi connectivity index (χ2v) is 21.3. The molecule has 0 aromatic heterocycles. The summed E-state index contributed by atoms with van der Waals surface area (Å²) in [6.07, 6.45) is 63.0. The molecule has 388 valence electrons. The van der Waals surface area contributed by atoms with Crippen LogP contribution in [0.1, 0.15) is 309 Å². The zero-order chi connectivity index (χ0) is 47.4. The highest BCUT2D eigenvalue weighted by Gasteiger charge is 2.27. The van der Waals surface area contributed by atoms with Crippen LogP contribution < -0.4 is 11.1 Å². The zero-order valence-corrected chi connectivity index (χ0v) is 44.4. The quantitative estimate of drug-likeness (QED) is 0.0271. The molecule has 65 heavy (non-hydrogen) atoms. The first-order chi connectivity index (χ1) is 31.9. The van der Waals surface area contributed by atoms with Gasteiger partial charge in [0.25, 0.3) is 0 Å². The summed E-state index contributed by atoms with van der Waals surface area (Å²) in [7, 11) is -4.34. The minimum atomic E-state index is -4.34. The Labute approximate surface area is 405 Å². The van der Waals surface area contributed by atoms with Crippen LogP contribution in [-0.4, -0.2) is 47.8 Å². The van der Waals surface area contributed by atoms with Crippen molar-refractivity contribution in [1.29, 1.82) is 0 Å². The van der Waals surface area contributed by atoms with Crippen LogP contribution in [0, 0.1) is 0 Å². The Morgan fingerprint density at radius 1 is 0.492 bits per heavy atom. The van der Waals surface area contributed by atoms with Gasteiger partial charge in [-0.15, -0.1) is 0 Å². The number of amides is 1. The van der Waals surface area contributed by atoms with E-state index < -0.39 is 20.0 Å². The smallest absolute Gasteiger partial charge is 0.387 e. The third-order valence-corrected chi connectivity index (χ3v) is 14.3. The van der Waals surface area contributed by atoms with Gasteiger partial charge in [-0.3, -0.25) is 13.8 Å². The van der Waals surface area contributed by atoms with Gasteiger partial charge in [0.15, 0.2) is 0 Å². The Bertz CT molecular complexity index is 1030. The SMILES string of the molecule is CCCCCCCCCCCCCCCCC/C=C/[C@@H](O)[C@H](COP(=O)(O)OCCN)NC(=O)CCCCCCCCCCCCCCCCCCCCCCCCCCCCCCC. The molecule has 9 heteroatoms. The third kappa shape index (κ3) is 50.9. The van der Waals surface area contributed by atoms with E-state index in [1.54, 1.807) is 6.08 Å². The van der Waals surface area contributed by atoms with Crippen molar-refractivity contribution in [3.05, 3.63) is 12.2 Å². The van der Waals surface area contributed by atoms with E-state index in [1.807, 2.05) is 6.08 Å². The summed E-state index contributed by atoms with van der Waals surface area (Å²) in [5, 5.41) is 13.8. The summed E-state index contributed by atoms with van der Waals surface area (Å²) >= 11 is 0. The minimum Gasteiger partial charge on any atom is -0.387 e. The number of rotatable bonds is 55. The van der Waals surface area contributed by atoms with Crippen molar-refractivity contribution in [3.63, 3.8) is 0 Å². The fourth-order valence-corrected chi connectivity index (χ4v) is 9.78. The first-order valence-corrected chi connectivity index (χ1v) is 30.3. The van der Waals surface area contributed by atoms with Gasteiger partial charge in [-0.1, -0.05) is 296 Å². The van der Waals surface area contributed by atoms with E-state index in [-0.39, 0.29) is 25.7 Å². The standard InChI is InChI=1S/C56H113N2O6P/c1-3-5-7-9-11-13-15-17-19-21-22-23-24-25-26-27-28-29-30-31-32-34-36-38-40-42-44-46-48-50-56(60)58-54(53-64-65(61,62)63-52-51-57)55(59)49-47-45-43-41-39-37-35-33-20-18-16-14-12-10-8-6-4-2/h47,49,54-55,59H,3-46,48,50-53,57H2,1-2H3,(H,58,60)(H,61,62)/b49-47+/t54-,55+/m0/s1. The molecular weight excluding hydrogens is 828 g/mol. The molecule has 0 bridgehead atoms. The molecule has 0 aliphatic carbocycles. The Hall–Kier alpha value is -0.760. The number of unbranched alkanes of at least 4 members (excludes halogenated alkanes) is 43. The number of nitrogens with two attached hydrogens (primary N) is 1. The van der Waals surface area contributed by atoms with Gasteiger partial charge < -0.3 is 21.1 Å². The lowest BCUT2D eigenvalue weighted by atomic mass is 10.0. The van der Waals surface area contributed by atoms with Crippen LogP contribution in [0.5, 0.6) is 0 Å². The van der Waals surface area contributed by atoms with Crippen molar-refractivity contribution >= 4 is 13.7 Å². The average Bonchev–Trinajstić information content (AvgIpc) is 3.30. The number of phosphoric acid groups is 1. The molecule has 0 fully saturated rings. The zero-order valence-electron chi connectivity index (χ0n) is 43.5. The largest absolute Gasteiger partial charge is 0.472 e. The number of hydrogen-bond donors (Lipinski definition) is 4. The Morgan fingerprint density at radius 2 is 0.785 bits per heavy atom. The average molecular weight is 942 g/mol. The lowest BCUT2D eigenvalue weighted by Crippen LogP contribution is -2.45. The number of hydrogen-bond acceptors (Lipinski definition) is 6. The molecule has 0 rings (SSSR count). The summed E-state index contributed by atoms with van der Waals surface area (Å²) in [6, 6.07) is -0.856. The van der Waals surface area contributed by atoms with Crippen molar-refractivity contribution in [2.45, 2.75) is 321 Å². The fourth-order valence-electron chi connectivity index (χ4n) is 9.02. The lowest BCUT2D eigenvalue weighted by molar-refractivity contribution is -0.123. The monoisotopic (exact) mass is 941 g/mol. The fraction of sp³-hybridized carbons (Fsp3) is 0.946. The summed E-state index contributed by atoms with van der Waals surface area (Å²) in [5.74, 6) is -0.186. The van der Waals surface area contributed by atoms with Gasteiger partial charge in [0.1, 0.15) is 0 Å². The van der Waals surface area contributed by atoms with E-state index in [0.717, 1.165) is 38.5 Å². The van der Waals surface area contributed by atoms with Crippen molar-refractivity contribution in [2.75, 3.05) is 19.8 Å². The molecule has 3 atom stereocenters. The van der Waals surface area contributed by atoms with Crippen LogP contribution in [0.3, 0.4) is 0 Å². The Balaban J connectivity index is 3.90. The van der Waals surface area contributed by atoms with Crippen LogP contribution in [0.15, 0.2) is 12.2 Å². The van der Waals surface area contributed by atoms with Gasteiger partial charge in [0.2, 0.25) is 5.91 Å². The maximum Gasteiger partial charge on any atom is 0.472 e. The molecule has 0 spiro atoms. The summed E-state index contributed by atoms with van der Waals surface area (Å²) in [6.45, 7) is 4.19. The Kier molecular flexibility index (Phi) is 52.0. The topological polar surface area (TPSA) is 131 Å². The Morgan fingerprint density at radius 3 is 1.09 bits per heavy atom. The third-order valence-electron chi connectivity index (χ3n) is 13.4. The molecule has 1 unspecified atom stereocenters. The number of nitrogens with one attached hydrogen (secondary N) is 1. The van der Waals surface area contributed by atoms with Gasteiger partial charge in [-0.25, -0.2) is 4.57 Å². The summed E-state index contributed by atoms with van der Waals surface area (Å²) < 4.78 is 22.3. The van der Waals surface area contributed by atoms with E-state index in [2.05, 4.69) is 19.2 Å². The number of aliphatic hydroxyl groups excluding tert-OH is 1. The van der Waals surface area contributed by atoms with Crippen LogP contribution in [0.25, 0.3) is 0 Å². The number of carbonyl (C=O) groups is 1. The molecule has 0 heterocycles.